The lowest BCUT2D eigenvalue weighted by molar-refractivity contribution is 0.266. The lowest BCUT2D eigenvalue weighted by atomic mass is 9.89. The van der Waals surface area contributed by atoms with Gasteiger partial charge >= 0.3 is 0 Å². The normalized spacial score (nSPS) is 15.2. The van der Waals surface area contributed by atoms with Crippen molar-refractivity contribution in [2.24, 2.45) is 5.73 Å². The summed E-state index contributed by atoms with van der Waals surface area (Å²) in [5, 5.41) is 0. The number of nitrogens with two attached hydrogens (primary N) is 1. The molecule has 0 heterocycles. The average Bonchev–Trinajstić information content (AvgIpc) is 2.17. The molecular weight excluding hydrogens is 196 g/mol. The number of benzene rings is 1. The van der Waals surface area contributed by atoms with Crippen LogP contribution in [0.5, 0.6) is 0 Å². The summed E-state index contributed by atoms with van der Waals surface area (Å²) in [5.41, 5.74) is 9.95. The largest absolute Gasteiger partial charge is 0.329 e. The molecule has 0 saturated carbocycles. The first-order chi connectivity index (χ1) is 7.47. The van der Waals surface area contributed by atoms with E-state index in [1.807, 2.05) is 0 Å². The highest BCUT2D eigenvalue weighted by molar-refractivity contribution is 5.33. The molecular formula is C14H24N2. The van der Waals surface area contributed by atoms with Crippen molar-refractivity contribution in [1.29, 1.82) is 0 Å². The third kappa shape index (κ3) is 2.83. The highest BCUT2D eigenvalue weighted by Gasteiger charge is 2.20. The number of rotatable bonds is 4. The summed E-state index contributed by atoms with van der Waals surface area (Å²) >= 11 is 0. The molecule has 2 atom stereocenters. The van der Waals surface area contributed by atoms with Gasteiger partial charge in [0.05, 0.1) is 0 Å². The molecule has 2 unspecified atom stereocenters. The van der Waals surface area contributed by atoms with Crippen molar-refractivity contribution in [2.45, 2.75) is 32.7 Å². The summed E-state index contributed by atoms with van der Waals surface area (Å²) in [6.45, 7) is 7.27. The molecule has 90 valence electrons. The van der Waals surface area contributed by atoms with Gasteiger partial charge in [-0.3, -0.25) is 0 Å². The smallest absolute Gasteiger partial charge is 0.0278 e. The molecule has 0 fully saturated rings. The second kappa shape index (κ2) is 5.46. The fraction of sp³-hybridized carbons (Fsp3) is 0.571. The van der Waals surface area contributed by atoms with E-state index in [-0.39, 0.29) is 0 Å². The van der Waals surface area contributed by atoms with E-state index in [4.69, 9.17) is 5.73 Å². The van der Waals surface area contributed by atoms with Crippen LogP contribution in [0.3, 0.4) is 0 Å². The third-order valence-electron chi connectivity index (χ3n) is 3.40. The maximum Gasteiger partial charge on any atom is 0.0278 e. The van der Waals surface area contributed by atoms with Gasteiger partial charge in [0.25, 0.3) is 0 Å². The van der Waals surface area contributed by atoms with Crippen molar-refractivity contribution in [3.8, 4) is 0 Å². The zero-order valence-electron chi connectivity index (χ0n) is 11.1. The van der Waals surface area contributed by atoms with Crippen molar-refractivity contribution in [3.63, 3.8) is 0 Å². The highest BCUT2D eigenvalue weighted by atomic mass is 15.1. The molecule has 0 aromatic heterocycles. The van der Waals surface area contributed by atoms with Gasteiger partial charge in [-0.15, -0.1) is 0 Å². The Labute approximate surface area is 99.5 Å². The Balaban J connectivity index is 2.99. The minimum Gasteiger partial charge on any atom is -0.329 e. The Morgan fingerprint density at radius 2 is 1.88 bits per heavy atom. The molecule has 0 amide bonds. The monoisotopic (exact) mass is 220 g/mol. The molecule has 2 heteroatoms. The number of aryl methyl sites for hydroxylation is 2. The standard InChI is InChI=1S/C14H24N2/c1-10-6-7-13(11(2)8-10)12(3)14(9-15)16(4)5/h6-8,12,14H,9,15H2,1-5H3. The Bertz CT molecular complexity index is 345. The summed E-state index contributed by atoms with van der Waals surface area (Å²) in [6.07, 6.45) is 0. The third-order valence-corrected chi connectivity index (χ3v) is 3.40. The van der Waals surface area contributed by atoms with Gasteiger partial charge in [-0.25, -0.2) is 0 Å². The molecule has 0 bridgehead atoms. The van der Waals surface area contributed by atoms with Crippen LogP contribution in [0.15, 0.2) is 18.2 Å². The van der Waals surface area contributed by atoms with Crippen molar-refractivity contribution in [3.05, 3.63) is 34.9 Å². The zero-order valence-corrected chi connectivity index (χ0v) is 11.1. The molecule has 1 rings (SSSR count). The van der Waals surface area contributed by atoms with Crippen LogP contribution in [-0.2, 0) is 0 Å². The Hall–Kier alpha value is -0.860. The van der Waals surface area contributed by atoms with Crippen LogP contribution in [0.25, 0.3) is 0 Å². The van der Waals surface area contributed by atoms with Gasteiger partial charge in [0, 0.05) is 12.6 Å². The maximum atomic E-state index is 5.85. The summed E-state index contributed by atoms with van der Waals surface area (Å²) in [6, 6.07) is 7.07. The number of likely N-dealkylation sites (N-methyl/N-ethyl adjacent to an activating group) is 1. The summed E-state index contributed by atoms with van der Waals surface area (Å²) in [4.78, 5) is 2.21. The van der Waals surface area contributed by atoms with E-state index in [0.717, 1.165) is 0 Å². The van der Waals surface area contributed by atoms with Crippen LogP contribution in [0, 0.1) is 13.8 Å². The topological polar surface area (TPSA) is 29.3 Å². The average molecular weight is 220 g/mol. The molecule has 16 heavy (non-hydrogen) atoms. The van der Waals surface area contributed by atoms with Gasteiger partial charge in [-0.1, -0.05) is 30.7 Å². The number of nitrogens with zero attached hydrogens (tertiary/aromatic N) is 1. The van der Waals surface area contributed by atoms with E-state index in [0.29, 0.717) is 18.5 Å². The van der Waals surface area contributed by atoms with Crippen LogP contribution in [-0.4, -0.2) is 31.6 Å². The molecule has 0 saturated heterocycles. The molecule has 2 N–H and O–H groups in total. The van der Waals surface area contributed by atoms with Crippen LogP contribution >= 0.6 is 0 Å². The van der Waals surface area contributed by atoms with Gasteiger partial charge in [0.15, 0.2) is 0 Å². The fourth-order valence-corrected chi connectivity index (χ4v) is 2.41. The molecule has 1 aromatic carbocycles. The van der Waals surface area contributed by atoms with Crippen LogP contribution in [0.2, 0.25) is 0 Å². The van der Waals surface area contributed by atoms with E-state index < -0.39 is 0 Å². The molecule has 0 aliphatic carbocycles. The first-order valence-electron chi connectivity index (χ1n) is 5.91. The van der Waals surface area contributed by atoms with Gasteiger partial charge in [-0.2, -0.15) is 0 Å². The molecule has 2 nitrogen and oxygen atoms in total. The van der Waals surface area contributed by atoms with Crippen LogP contribution in [0.1, 0.15) is 29.5 Å². The highest BCUT2D eigenvalue weighted by Crippen LogP contribution is 2.25. The second-order valence-electron chi connectivity index (χ2n) is 4.92. The molecule has 0 aliphatic rings. The van der Waals surface area contributed by atoms with Crippen LogP contribution < -0.4 is 5.73 Å². The fourth-order valence-electron chi connectivity index (χ4n) is 2.41. The van der Waals surface area contributed by atoms with Gasteiger partial charge in [-0.05, 0) is 45.0 Å². The maximum absolute atomic E-state index is 5.85. The van der Waals surface area contributed by atoms with E-state index >= 15 is 0 Å². The van der Waals surface area contributed by atoms with Gasteiger partial charge in [0.2, 0.25) is 0 Å². The Morgan fingerprint density at radius 3 is 2.31 bits per heavy atom. The summed E-state index contributed by atoms with van der Waals surface area (Å²) < 4.78 is 0. The predicted molar refractivity (Wildman–Crippen MR) is 70.9 cm³/mol. The van der Waals surface area contributed by atoms with Crippen molar-refractivity contribution in [2.75, 3.05) is 20.6 Å². The minimum atomic E-state index is 0.404. The Morgan fingerprint density at radius 1 is 1.25 bits per heavy atom. The zero-order chi connectivity index (χ0) is 12.3. The summed E-state index contributed by atoms with van der Waals surface area (Å²) in [5.74, 6) is 0.473. The first kappa shape index (κ1) is 13.2. The van der Waals surface area contributed by atoms with Crippen molar-refractivity contribution < 1.29 is 0 Å². The van der Waals surface area contributed by atoms with Gasteiger partial charge < -0.3 is 10.6 Å². The van der Waals surface area contributed by atoms with E-state index in [1.165, 1.54) is 16.7 Å². The lowest BCUT2D eigenvalue weighted by Crippen LogP contribution is -2.39. The Kier molecular flexibility index (Phi) is 4.51. The predicted octanol–water partition coefficient (Wildman–Crippen LogP) is 2.30. The number of hydrogen-bond donors (Lipinski definition) is 1. The SMILES string of the molecule is Cc1ccc(C(C)C(CN)N(C)C)c(C)c1. The van der Waals surface area contributed by atoms with Crippen molar-refractivity contribution in [1.82, 2.24) is 4.90 Å². The van der Waals surface area contributed by atoms with E-state index in [2.05, 4.69) is 58.0 Å². The van der Waals surface area contributed by atoms with E-state index in [9.17, 15) is 0 Å². The number of hydrogen-bond acceptors (Lipinski definition) is 2. The second-order valence-corrected chi connectivity index (χ2v) is 4.92. The van der Waals surface area contributed by atoms with Crippen LogP contribution in [0.4, 0.5) is 0 Å². The van der Waals surface area contributed by atoms with Gasteiger partial charge in [0.1, 0.15) is 0 Å². The molecule has 0 radical (unpaired) electrons. The quantitative estimate of drug-likeness (QED) is 0.843. The summed E-state index contributed by atoms with van der Waals surface area (Å²) in [7, 11) is 4.19. The molecule has 1 aromatic rings. The van der Waals surface area contributed by atoms with E-state index in [1.54, 1.807) is 0 Å². The molecule has 0 aliphatic heterocycles. The lowest BCUT2D eigenvalue weighted by Gasteiger charge is -2.30. The minimum absolute atomic E-state index is 0.404. The molecule has 0 spiro atoms. The first-order valence-corrected chi connectivity index (χ1v) is 5.91. The van der Waals surface area contributed by atoms with Crippen molar-refractivity contribution >= 4 is 0 Å².